The van der Waals surface area contributed by atoms with Gasteiger partial charge in [-0.1, -0.05) is 6.07 Å². The Bertz CT molecular complexity index is 469. The fraction of sp³-hybridized carbons (Fsp3) is 0.462. The SMILES string of the molecule is CC1OCCC1(O)CNC(=O)Nc1cccc(F)c1. The molecular weight excluding hydrogens is 251 g/mol. The van der Waals surface area contributed by atoms with Gasteiger partial charge in [0, 0.05) is 18.7 Å². The highest BCUT2D eigenvalue weighted by atomic mass is 19.1. The minimum Gasteiger partial charge on any atom is -0.385 e. The van der Waals surface area contributed by atoms with Crippen LogP contribution in [-0.4, -0.2) is 36.0 Å². The van der Waals surface area contributed by atoms with Gasteiger partial charge in [0.05, 0.1) is 12.6 Å². The van der Waals surface area contributed by atoms with Gasteiger partial charge in [0.15, 0.2) is 0 Å². The van der Waals surface area contributed by atoms with E-state index in [4.69, 9.17) is 4.74 Å². The van der Waals surface area contributed by atoms with Crippen LogP contribution in [0.15, 0.2) is 24.3 Å². The van der Waals surface area contributed by atoms with E-state index in [9.17, 15) is 14.3 Å². The van der Waals surface area contributed by atoms with Crippen LogP contribution in [0.5, 0.6) is 0 Å². The van der Waals surface area contributed by atoms with Crippen LogP contribution in [0.1, 0.15) is 13.3 Å². The monoisotopic (exact) mass is 268 g/mol. The van der Waals surface area contributed by atoms with Crippen molar-refractivity contribution in [3.8, 4) is 0 Å². The number of hydrogen-bond donors (Lipinski definition) is 3. The molecule has 19 heavy (non-hydrogen) atoms. The largest absolute Gasteiger partial charge is 0.385 e. The maximum atomic E-state index is 12.9. The maximum absolute atomic E-state index is 12.9. The quantitative estimate of drug-likeness (QED) is 0.777. The van der Waals surface area contributed by atoms with E-state index in [1.807, 2.05) is 0 Å². The summed E-state index contributed by atoms with van der Waals surface area (Å²) in [4.78, 5) is 11.6. The van der Waals surface area contributed by atoms with Crippen LogP contribution in [0.2, 0.25) is 0 Å². The molecule has 1 saturated heterocycles. The van der Waals surface area contributed by atoms with Gasteiger partial charge in [-0.15, -0.1) is 0 Å². The van der Waals surface area contributed by atoms with E-state index in [2.05, 4.69) is 10.6 Å². The van der Waals surface area contributed by atoms with Crippen molar-refractivity contribution in [2.45, 2.75) is 25.0 Å². The Morgan fingerprint density at radius 2 is 2.42 bits per heavy atom. The molecule has 0 aliphatic carbocycles. The molecule has 6 heteroatoms. The minimum atomic E-state index is -1.04. The van der Waals surface area contributed by atoms with Gasteiger partial charge in [-0.3, -0.25) is 0 Å². The Kier molecular flexibility index (Phi) is 4.01. The van der Waals surface area contributed by atoms with Crippen molar-refractivity contribution in [1.82, 2.24) is 5.32 Å². The number of nitrogens with one attached hydrogen (secondary N) is 2. The molecule has 0 bridgehead atoms. The van der Waals surface area contributed by atoms with Gasteiger partial charge in [0.25, 0.3) is 0 Å². The molecule has 5 nitrogen and oxygen atoms in total. The van der Waals surface area contributed by atoms with Crippen molar-refractivity contribution < 1.29 is 19.0 Å². The summed E-state index contributed by atoms with van der Waals surface area (Å²) in [7, 11) is 0. The lowest BCUT2D eigenvalue weighted by Crippen LogP contribution is -2.48. The molecular formula is C13H17FN2O3. The number of halogens is 1. The number of amides is 2. The van der Waals surface area contributed by atoms with E-state index in [0.29, 0.717) is 18.7 Å². The zero-order chi connectivity index (χ0) is 13.9. The predicted molar refractivity (Wildman–Crippen MR) is 68.4 cm³/mol. The first kappa shape index (κ1) is 13.8. The van der Waals surface area contributed by atoms with Crippen molar-refractivity contribution in [3.05, 3.63) is 30.1 Å². The Hall–Kier alpha value is -1.66. The summed E-state index contributed by atoms with van der Waals surface area (Å²) in [5.41, 5.74) is -0.681. The van der Waals surface area contributed by atoms with Crippen LogP contribution in [0.3, 0.4) is 0 Å². The number of rotatable bonds is 3. The summed E-state index contributed by atoms with van der Waals surface area (Å²) < 4.78 is 18.2. The third kappa shape index (κ3) is 3.42. The minimum absolute atomic E-state index is 0.0926. The topological polar surface area (TPSA) is 70.6 Å². The van der Waals surface area contributed by atoms with Gasteiger partial charge in [-0.25, -0.2) is 9.18 Å². The third-order valence-electron chi connectivity index (χ3n) is 3.30. The van der Waals surface area contributed by atoms with Crippen molar-refractivity contribution in [2.75, 3.05) is 18.5 Å². The fourth-order valence-electron chi connectivity index (χ4n) is 1.98. The van der Waals surface area contributed by atoms with Crippen LogP contribution >= 0.6 is 0 Å². The van der Waals surface area contributed by atoms with Crippen molar-refractivity contribution in [2.24, 2.45) is 0 Å². The molecule has 2 unspecified atom stereocenters. The summed E-state index contributed by atoms with van der Waals surface area (Å²) in [5, 5.41) is 15.2. The van der Waals surface area contributed by atoms with Gasteiger partial charge in [-0.05, 0) is 25.1 Å². The first-order chi connectivity index (χ1) is 8.99. The average molecular weight is 268 g/mol. The van der Waals surface area contributed by atoms with Crippen LogP contribution in [0.4, 0.5) is 14.9 Å². The Morgan fingerprint density at radius 1 is 1.63 bits per heavy atom. The number of ether oxygens (including phenoxy) is 1. The molecule has 1 fully saturated rings. The normalized spacial score (nSPS) is 26.2. The zero-order valence-electron chi connectivity index (χ0n) is 10.6. The summed E-state index contributed by atoms with van der Waals surface area (Å²) in [6, 6.07) is 5.11. The van der Waals surface area contributed by atoms with Gasteiger partial charge in [-0.2, -0.15) is 0 Å². The van der Waals surface area contributed by atoms with Gasteiger partial charge >= 0.3 is 6.03 Å². The highest BCUT2D eigenvalue weighted by molar-refractivity contribution is 5.89. The van der Waals surface area contributed by atoms with Crippen LogP contribution < -0.4 is 10.6 Å². The molecule has 2 atom stereocenters. The molecule has 0 radical (unpaired) electrons. The highest BCUT2D eigenvalue weighted by Gasteiger charge is 2.39. The second kappa shape index (κ2) is 5.54. The summed E-state index contributed by atoms with van der Waals surface area (Å²) in [6.45, 7) is 2.33. The smallest absolute Gasteiger partial charge is 0.319 e. The molecule has 0 saturated carbocycles. The summed E-state index contributed by atoms with van der Waals surface area (Å²) >= 11 is 0. The third-order valence-corrected chi connectivity index (χ3v) is 3.30. The first-order valence-corrected chi connectivity index (χ1v) is 6.14. The molecule has 1 aliphatic heterocycles. The van der Waals surface area contributed by atoms with E-state index < -0.39 is 17.4 Å². The van der Waals surface area contributed by atoms with Crippen LogP contribution in [-0.2, 0) is 4.74 Å². The van der Waals surface area contributed by atoms with Crippen LogP contribution in [0.25, 0.3) is 0 Å². The molecule has 0 spiro atoms. The number of carbonyl (C=O) groups is 1. The van der Waals surface area contributed by atoms with Crippen molar-refractivity contribution in [1.29, 1.82) is 0 Å². The van der Waals surface area contributed by atoms with E-state index in [0.717, 1.165) is 0 Å². The highest BCUT2D eigenvalue weighted by Crippen LogP contribution is 2.24. The van der Waals surface area contributed by atoms with Gasteiger partial charge < -0.3 is 20.5 Å². The van der Waals surface area contributed by atoms with E-state index in [-0.39, 0.29) is 12.6 Å². The molecule has 1 aliphatic rings. The lowest BCUT2D eigenvalue weighted by atomic mass is 9.97. The average Bonchev–Trinajstić information content (AvgIpc) is 2.68. The second-order valence-corrected chi connectivity index (χ2v) is 4.68. The maximum Gasteiger partial charge on any atom is 0.319 e. The molecule has 2 amide bonds. The first-order valence-electron chi connectivity index (χ1n) is 6.14. The number of urea groups is 1. The number of anilines is 1. The van der Waals surface area contributed by atoms with Gasteiger partial charge in [0.2, 0.25) is 0 Å². The number of hydrogen-bond acceptors (Lipinski definition) is 3. The molecule has 3 N–H and O–H groups in total. The molecule has 1 aromatic rings. The standard InChI is InChI=1S/C13H17FN2O3/c1-9-13(18,5-6-19-9)8-15-12(17)16-11-4-2-3-10(14)7-11/h2-4,7,9,18H,5-6,8H2,1H3,(H2,15,16,17). The van der Waals surface area contributed by atoms with Gasteiger partial charge in [0.1, 0.15) is 11.4 Å². The predicted octanol–water partition coefficient (Wildman–Crippen LogP) is 1.49. The van der Waals surface area contributed by atoms with Crippen molar-refractivity contribution >= 4 is 11.7 Å². The Morgan fingerprint density at radius 3 is 3.05 bits per heavy atom. The molecule has 2 rings (SSSR count). The zero-order valence-corrected chi connectivity index (χ0v) is 10.6. The number of carbonyl (C=O) groups excluding carboxylic acids is 1. The molecule has 0 aromatic heterocycles. The fourth-order valence-corrected chi connectivity index (χ4v) is 1.98. The molecule has 104 valence electrons. The molecule has 1 heterocycles. The van der Waals surface area contributed by atoms with Crippen molar-refractivity contribution in [3.63, 3.8) is 0 Å². The van der Waals surface area contributed by atoms with Crippen LogP contribution in [0, 0.1) is 5.82 Å². The van der Waals surface area contributed by atoms with E-state index in [1.165, 1.54) is 18.2 Å². The van der Waals surface area contributed by atoms with E-state index in [1.54, 1.807) is 13.0 Å². The lowest BCUT2D eigenvalue weighted by Gasteiger charge is -2.26. The number of benzene rings is 1. The summed E-state index contributed by atoms with van der Waals surface area (Å²) in [5.74, 6) is -0.422. The molecule has 1 aromatic carbocycles. The van der Waals surface area contributed by atoms with E-state index >= 15 is 0 Å². The summed E-state index contributed by atoms with van der Waals surface area (Å²) in [6.07, 6.45) is 0.163. The second-order valence-electron chi connectivity index (χ2n) is 4.68. The Labute approximate surface area is 110 Å². The number of aliphatic hydroxyl groups is 1. The lowest BCUT2D eigenvalue weighted by molar-refractivity contribution is -0.0241. The Balaban J connectivity index is 1.85.